The second-order valence-electron chi connectivity index (χ2n) is 3.73. The third kappa shape index (κ3) is 1.45. The number of carbonyl (C=O) groups is 3. The predicted molar refractivity (Wildman–Crippen MR) is 55.9 cm³/mol. The fraction of sp³-hybridized carbons (Fsp3) is 0.182. The van der Waals surface area contributed by atoms with E-state index < -0.39 is 33.9 Å². The molecule has 0 fully saturated rings. The molecule has 17 heavy (non-hydrogen) atoms. The van der Waals surface area contributed by atoms with Gasteiger partial charge in [0.05, 0.1) is 4.92 Å². The van der Waals surface area contributed by atoms with Gasteiger partial charge in [-0.3, -0.25) is 24.5 Å². The Kier molecular flexibility index (Phi) is 2.35. The Morgan fingerprint density at radius 3 is 2.47 bits per heavy atom. The number of nitro benzene ring substituents is 1. The number of nitro groups is 1. The molecule has 0 unspecified atom stereocenters. The van der Waals surface area contributed by atoms with Crippen LogP contribution in [0.4, 0.5) is 5.69 Å². The quantitative estimate of drug-likeness (QED) is 0.434. The highest BCUT2D eigenvalue weighted by atomic mass is 16.6. The van der Waals surface area contributed by atoms with E-state index in [9.17, 15) is 24.5 Å². The average Bonchev–Trinajstić information content (AvgIpc) is 2.51. The van der Waals surface area contributed by atoms with Gasteiger partial charge in [0, 0.05) is 11.6 Å². The van der Waals surface area contributed by atoms with Crippen molar-refractivity contribution in [3.8, 4) is 0 Å². The van der Waals surface area contributed by atoms with Gasteiger partial charge in [-0.05, 0) is 6.92 Å². The molecule has 0 aliphatic heterocycles. The molecule has 1 aliphatic rings. The van der Waals surface area contributed by atoms with Crippen LogP contribution < -0.4 is 0 Å². The van der Waals surface area contributed by atoms with Gasteiger partial charge >= 0.3 is 0 Å². The zero-order chi connectivity index (χ0) is 12.7. The highest BCUT2D eigenvalue weighted by Crippen LogP contribution is 2.33. The van der Waals surface area contributed by atoms with Crippen LogP contribution in [0.2, 0.25) is 0 Å². The minimum absolute atomic E-state index is 0.0376. The first-order valence-corrected chi connectivity index (χ1v) is 4.81. The summed E-state index contributed by atoms with van der Waals surface area (Å²) in [6, 6.07) is 3.79. The molecule has 0 saturated carbocycles. The predicted octanol–water partition coefficient (Wildman–Crippen LogP) is 1.18. The maximum Gasteiger partial charge on any atom is 0.280 e. The lowest BCUT2D eigenvalue weighted by molar-refractivity contribution is -0.385. The number of rotatable bonds is 2. The molecule has 0 saturated heterocycles. The van der Waals surface area contributed by atoms with E-state index in [0.717, 1.165) is 13.0 Å². The van der Waals surface area contributed by atoms with Gasteiger partial charge in [-0.25, -0.2) is 0 Å². The smallest absolute Gasteiger partial charge is 0.280 e. The Bertz CT molecular complexity index is 575. The number of carbonyl (C=O) groups excluding carboxylic acids is 3. The molecule has 6 heteroatoms. The number of Topliss-reactive ketones (excluding diaryl/α,β-unsaturated/α-hetero) is 3. The van der Waals surface area contributed by atoms with Crippen LogP contribution in [0.15, 0.2) is 18.2 Å². The molecule has 0 heterocycles. The van der Waals surface area contributed by atoms with Crippen LogP contribution in [0.3, 0.4) is 0 Å². The Labute approximate surface area is 95.4 Å². The van der Waals surface area contributed by atoms with Gasteiger partial charge in [-0.1, -0.05) is 12.1 Å². The highest BCUT2D eigenvalue weighted by Gasteiger charge is 2.45. The number of hydrogen-bond acceptors (Lipinski definition) is 5. The lowest BCUT2D eigenvalue weighted by Gasteiger charge is -1.99. The van der Waals surface area contributed by atoms with Crippen LogP contribution in [-0.2, 0) is 4.79 Å². The highest BCUT2D eigenvalue weighted by molar-refractivity contribution is 6.36. The molecule has 0 radical (unpaired) electrons. The second kappa shape index (κ2) is 3.58. The van der Waals surface area contributed by atoms with Crippen molar-refractivity contribution in [2.75, 3.05) is 0 Å². The number of nitrogens with zero attached hydrogens (tertiary/aromatic N) is 1. The summed E-state index contributed by atoms with van der Waals surface area (Å²) in [6.07, 6.45) is 0. The molecular weight excluding hydrogens is 226 g/mol. The van der Waals surface area contributed by atoms with Gasteiger partial charge < -0.3 is 0 Å². The van der Waals surface area contributed by atoms with Crippen LogP contribution >= 0.6 is 0 Å². The Morgan fingerprint density at radius 2 is 1.94 bits per heavy atom. The van der Waals surface area contributed by atoms with Crippen molar-refractivity contribution < 1.29 is 19.3 Å². The number of fused-ring (bicyclic) bond motifs is 1. The molecule has 0 aromatic heterocycles. The monoisotopic (exact) mass is 233 g/mol. The van der Waals surface area contributed by atoms with Crippen molar-refractivity contribution >= 4 is 23.0 Å². The maximum absolute atomic E-state index is 11.8. The summed E-state index contributed by atoms with van der Waals surface area (Å²) < 4.78 is 0. The van der Waals surface area contributed by atoms with E-state index in [2.05, 4.69) is 0 Å². The Hall–Kier alpha value is -2.37. The fourth-order valence-electron chi connectivity index (χ4n) is 1.94. The van der Waals surface area contributed by atoms with E-state index in [1.165, 1.54) is 12.1 Å². The first-order valence-electron chi connectivity index (χ1n) is 4.81. The van der Waals surface area contributed by atoms with Crippen LogP contribution in [0, 0.1) is 16.0 Å². The van der Waals surface area contributed by atoms with Gasteiger partial charge in [0.15, 0.2) is 11.6 Å². The number of benzene rings is 1. The Morgan fingerprint density at radius 1 is 1.29 bits per heavy atom. The van der Waals surface area contributed by atoms with Crippen LogP contribution in [0.1, 0.15) is 27.6 Å². The lowest BCUT2D eigenvalue weighted by atomic mass is 10.00. The van der Waals surface area contributed by atoms with E-state index in [4.69, 9.17) is 0 Å². The first kappa shape index (κ1) is 11.1. The third-order valence-corrected chi connectivity index (χ3v) is 2.68. The third-order valence-electron chi connectivity index (χ3n) is 2.68. The van der Waals surface area contributed by atoms with Crippen molar-refractivity contribution in [2.24, 2.45) is 5.92 Å². The van der Waals surface area contributed by atoms with Crippen molar-refractivity contribution in [2.45, 2.75) is 6.92 Å². The zero-order valence-corrected chi connectivity index (χ0v) is 8.80. The topological polar surface area (TPSA) is 94.3 Å². The van der Waals surface area contributed by atoms with Gasteiger partial charge in [-0.2, -0.15) is 0 Å². The van der Waals surface area contributed by atoms with Crippen molar-refractivity contribution in [1.29, 1.82) is 0 Å². The minimum atomic E-state index is -1.41. The summed E-state index contributed by atoms with van der Waals surface area (Å²) >= 11 is 0. The molecule has 2 rings (SSSR count). The molecule has 6 nitrogen and oxygen atoms in total. The molecular formula is C11H7NO5. The second-order valence-corrected chi connectivity index (χ2v) is 3.73. The van der Waals surface area contributed by atoms with Crippen molar-refractivity contribution in [1.82, 2.24) is 0 Å². The molecule has 1 atom stereocenters. The molecule has 0 bridgehead atoms. The molecule has 0 spiro atoms. The van der Waals surface area contributed by atoms with E-state index in [0.29, 0.717) is 0 Å². The molecule has 0 amide bonds. The summed E-state index contributed by atoms with van der Waals surface area (Å²) in [4.78, 5) is 44.8. The summed E-state index contributed by atoms with van der Waals surface area (Å²) in [5.74, 6) is -3.43. The minimum Gasteiger partial charge on any atom is -0.299 e. The van der Waals surface area contributed by atoms with Crippen molar-refractivity contribution in [3.05, 3.63) is 39.4 Å². The molecule has 1 aliphatic carbocycles. The van der Waals surface area contributed by atoms with Crippen LogP contribution in [-0.4, -0.2) is 22.3 Å². The van der Waals surface area contributed by atoms with Gasteiger partial charge in [-0.15, -0.1) is 0 Å². The van der Waals surface area contributed by atoms with Crippen molar-refractivity contribution in [3.63, 3.8) is 0 Å². The van der Waals surface area contributed by atoms with E-state index >= 15 is 0 Å². The normalized spacial score (nSPS) is 18.1. The first-order chi connectivity index (χ1) is 7.95. The largest absolute Gasteiger partial charge is 0.299 e. The number of ketones is 3. The molecule has 1 aromatic rings. The van der Waals surface area contributed by atoms with Gasteiger partial charge in [0.1, 0.15) is 17.3 Å². The fourth-order valence-corrected chi connectivity index (χ4v) is 1.94. The maximum atomic E-state index is 11.8. The summed E-state index contributed by atoms with van der Waals surface area (Å²) in [6.45, 7) is 1.12. The van der Waals surface area contributed by atoms with Crippen LogP contribution in [0.5, 0.6) is 0 Å². The lowest BCUT2D eigenvalue weighted by Crippen LogP contribution is -2.23. The van der Waals surface area contributed by atoms with Gasteiger partial charge in [0.2, 0.25) is 0 Å². The summed E-state index contributed by atoms with van der Waals surface area (Å²) in [7, 11) is 0. The summed E-state index contributed by atoms with van der Waals surface area (Å²) in [5, 5.41) is 10.7. The van der Waals surface area contributed by atoms with E-state index in [1.54, 1.807) is 0 Å². The van der Waals surface area contributed by atoms with Crippen LogP contribution in [0.25, 0.3) is 0 Å². The Balaban J connectivity index is 2.70. The SMILES string of the molecule is CC(=O)[C@H]1C(=O)c2cccc([N+](=O)[O-])c2C1=O. The van der Waals surface area contributed by atoms with E-state index in [-0.39, 0.29) is 11.1 Å². The standard InChI is InChI=1S/C11H7NO5/c1-5(13)8-10(14)6-3-2-4-7(12(16)17)9(6)11(8)15/h2-4,8H,1H3/t8-/m0/s1. The zero-order valence-electron chi connectivity index (χ0n) is 8.80. The molecule has 86 valence electrons. The van der Waals surface area contributed by atoms with E-state index in [1.807, 2.05) is 0 Å². The molecule has 1 aromatic carbocycles. The number of hydrogen-bond donors (Lipinski definition) is 0. The molecule has 0 N–H and O–H groups in total. The van der Waals surface area contributed by atoms with Gasteiger partial charge in [0.25, 0.3) is 5.69 Å². The average molecular weight is 233 g/mol. The summed E-state index contributed by atoms with van der Waals surface area (Å²) in [5.41, 5.74) is -0.711.